The predicted octanol–water partition coefficient (Wildman–Crippen LogP) is 1.96. The number of aliphatic hydroxyl groups excluding tert-OH is 1. The first-order valence-corrected chi connectivity index (χ1v) is 5.16. The van der Waals surface area contributed by atoms with Crippen molar-refractivity contribution in [1.82, 2.24) is 4.98 Å². The van der Waals surface area contributed by atoms with Crippen LogP contribution >= 0.6 is 23.2 Å². The summed E-state index contributed by atoms with van der Waals surface area (Å²) in [4.78, 5) is 6.11. The Kier molecular flexibility index (Phi) is 2.81. The minimum atomic E-state index is -0.274. The van der Waals surface area contributed by atoms with Crippen molar-refractivity contribution in [3.8, 4) is 0 Å². The minimum Gasteiger partial charge on any atom is -0.391 e. The van der Waals surface area contributed by atoms with Crippen LogP contribution in [0.25, 0.3) is 0 Å². The molecule has 14 heavy (non-hydrogen) atoms. The van der Waals surface area contributed by atoms with E-state index >= 15 is 0 Å². The topological polar surface area (TPSA) is 36.4 Å². The average Bonchev–Trinajstić information content (AvgIpc) is 2.51. The quantitative estimate of drug-likeness (QED) is 0.805. The molecule has 0 spiro atoms. The smallest absolute Gasteiger partial charge is 0.147 e. The van der Waals surface area contributed by atoms with Crippen LogP contribution < -0.4 is 4.90 Å². The van der Waals surface area contributed by atoms with Gasteiger partial charge in [0.2, 0.25) is 0 Å². The van der Waals surface area contributed by atoms with Crippen LogP contribution in [-0.2, 0) is 0 Å². The van der Waals surface area contributed by atoms with Gasteiger partial charge in [-0.05, 0) is 12.5 Å². The molecule has 1 aliphatic rings. The molecular weight excluding hydrogens is 223 g/mol. The minimum absolute atomic E-state index is 0.274. The van der Waals surface area contributed by atoms with E-state index in [9.17, 15) is 5.11 Å². The summed E-state index contributed by atoms with van der Waals surface area (Å²) in [6, 6.07) is 1.66. The summed E-state index contributed by atoms with van der Waals surface area (Å²) in [6.07, 6.45) is 2.05. The molecule has 0 aliphatic carbocycles. The molecule has 1 aromatic rings. The summed E-state index contributed by atoms with van der Waals surface area (Å²) in [5.74, 6) is 0.701. The summed E-state index contributed by atoms with van der Waals surface area (Å²) in [6.45, 7) is 1.38. The van der Waals surface area contributed by atoms with E-state index in [4.69, 9.17) is 23.2 Å². The third-order valence-corrected chi connectivity index (χ3v) is 2.74. The zero-order chi connectivity index (χ0) is 10.1. The Morgan fingerprint density at radius 3 is 2.86 bits per heavy atom. The first kappa shape index (κ1) is 10.0. The maximum Gasteiger partial charge on any atom is 0.147 e. The molecule has 1 aliphatic heterocycles. The number of aliphatic hydroxyl groups is 1. The Morgan fingerprint density at radius 2 is 2.29 bits per heavy atom. The van der Waals surface area contributed by atoms with Gasteiger partial charge in [-0.2, -0.15) is 0 Å². The van der Waals surface area contributed by atoms with Gasteiger partial charge >= 0.3 is 0 Å². The van der Waals surface area contributed by atoms with E-state index in [1.165, 1.54) is 0 Å². The molecule has 0 saturated carbocycles. The number of pyridine rings is 1. The lowest BCUT2D eigenvalue weighted by Crippen LogP contribution is -2.22. The second-order valence-electron chi connectivity index (χ2n) is 3.35. The van der Waals surface area contributed by atoms with Crippen molar-refractivity contribution >= 4 is 29.0 Å². The lowest BCUT2D eigenvalue weighted by molar-refractivity contribution is 0.198. The van der Waals surface area contributed by atoms with Crippen molar-refractivity contribution in [2.45, 2.75) is 12.5 Å². The van der Waals surface area contributed by atoms with Crippen molar-refractivity contribution < 1.29 is 5.11 Å². The molecule has 5 heteroatoms. The van der Waals surface area contributed by atoms with Gasteiger partial charge in [0.15, 0.2) is 0 Å². The standard InChI is InChI=1S/C9H10Cl2N2O/c10-6-3-8(11)9(12-4-6)13-2-1-7(14)5-13/h3-4,7,14H,1-2,5H2/t7-/m0/s1. The summed E-state index contributed by atoms with van der Waals surface area (Å²) in [7, 11) is 0. The zero-order valence-corrected chi connectivity index (χ0v) is 8.96. The van der Waals surface area contributed by atoms with Gasteiger partial charge in [0.25, 0.3) is 0 Å². The third-order valence-electron chi connectivity index (χ3n) is 2.25. The molecule has 2 heterocycles. The van der Waals surface area contributed by atoms with Crippen molar-refractivity contribution in [2.24, 2.45) is 0 Å². The average molecular weight is 233 g/mol. The van der Waals surface area contributed by atoms with E-state index < -0.39 is 0 Å². The highest BCUT2D eigenvalue weighted by Gasteiger charge is 2.22. The van der Waals surface area contributed by atoms with E-state index in [1.807, 2.05) is 4.90 Å². The van der Waals surface area contributed by atoms with Crippen LogP contribution in [0.1, 0.15) is 6.42 Å². The predicted molar refractivity (Wildman–Crippen MR) is 57.1 cm³/mol. The molecule has 0 aromatic carbocycles. The first-order valence-electron chi connectivity index (χ1n) is 4.41. The van der Waals surface area contributed by atoms with Gasteiger partial charge in [0, 0.05) is 19.3 Å². The molecule has 3 nitrogen and oxygen atoms in total. The highest BCUT2D eigenvalue weighted by atomic mass is 35.5. The van der Waals surface area contributed by atoms with Crippen molar-refractivity contribution in [3.05, 3.63) is 22.3 Å². The summed E-state index contributed by atoms with van der Waals surface area (Å²) in [5.41, 5.74) is 0. The van der Waals surface area contributed by atoms with Gasteiger partial charge < -0.3 is 10.0 Å². The van der Waals surface area contributed by atoms with Crippen LogP contribution in [0.2, 0.25) is 10.0 Å². The SMILES string of the molecule is O[C@H]1CCN(c2ncc(Cl)cc2Cl)C1. The number of β-amino-alcohol motifs (C(OH)–C–C–N with tert-alkyl or cyclic N) is 1. The molecule has 1 aromatic heterocycles. The number of hydrogen-bond acceptors (Lipinski definition) is 3. The lowest BCUT2D eigenvalue weighted by atomic mass is 10.3. The third kappa shape index (κ3) is 1.95. The van der Waals surface area contributed by atoms with Gasteiger partial charge in [-0.25, -0.2) is 4.98 Å². The van der Waals surface area contributed by atoms with E-state index in [2.05, 4.69) is 4.98 Å². The van der Waals surface area contributed by atoms with E-state index in [-0.39, 0.29) is 6.10 Å². The zero-order valence-electron chi connectivity index (χ0n) is 7.45. The maximum absolute atomic E-state index is 9.37. The molecule has 0 unspecified atom stereocenters. The van der Waals surface area contributed by atoms with Crippen molar-refractivity contribution in [2.75, 3.05) is 18.0 Å². The van der Waals surface area contributed by atoms with E-state index in [1.54, 1.807) is 12.3 Å². The molecule has 76 valence electrons. The number of aromatic nitrogens is 1. The molecule has 1 atom stereocenters. The fraction of sp³-hybridized carbons (Fsp3) is 0.444. The van der Waals surface area contributed by atoms with Gasteiger partial charge in [-0.3, -0.25) is 0 Å². The fourth-order valence-corrected chi connectivity index (χ4v) is 2.07. The van der Waals surface area contributed by atoms with Crippen LogP contribution in [-0.4, -0.2) is 29.3 Å². The highest BCUT2D eigenvalue weighted by Crippen LogP contribution is 2.28. The van der Waals surface area contributed by atoms with Gasteiger partial charge in [0.05, 0.1) is 16.1 Å². The molecule has 0 bridgehead atoms. The Balaban J connectivity index is 2.24. The van der Waals surface area contributed by atoms with E-state index in [0.29, 0.717) is 22.4 Å². The van der Waals surface area contributed by atoms with Crippen LogP contribution in [0.3, 0.4) is 0 Å². The lowest BCUT2D eigenvalue weighted by Gasteiger charge is -2.17. The Morgan fingerprint density at radius 1 is 1.50 bits per heavy atom. The second kappa shape index (κ2) is 3.93. The van der Waals surface area contributed by atoms with Crippen LogP contribution in [0.4, 0.5) is 5.82 Å². The van der Waals surface area contributed by atoms with Gasteiger partial charge in [-0.1, -0.05) is 23.2 Å². The fourth-order valence-electron chi connectivity index (χ4n) is 1.57. The Bertz CT molecular complexity index is 346. The summed E-state index contributed by atoms with van der Waals surface area (Å²) in [5, 5.41) is 10.4. The van der Waals surface area contributed by atoms with Gasteiger partial charge in [0.1, 0.15) is 5.82 Å². The largest absolute Gasteiger partial charge is 0.391 e. The van der Waals surface area contributed by atoms with E-state index in [0.717, 1.165) is 13.0 Å². The first-order chi connectivity index (χ1) is 6.66. The van der Waals surface area contributed by atoms with Crippen molar-refractivity contribution in [3.63, 3.8) is 0 Å². The maximum atomic E-state index is 9.37. The number of anilines is 1. The number of hydrogen-bond donors (Lipinski definition) is 1. The summed E-state index contributed by atoms with van der Waals surface area (Å²) < 4.78 is 0. The molecular formula is C9H10Cl2N2O. The molecule has 1 N–H and O–H groups in total. The number of nitrogens with zero attached hydrogens (tertiary/aromatic N) is 2. The molecule has 2 rings (SSSR count). The molecule has 1 fully saturated rings. The normalized spacial score (nSPS) is 21.6. The Hall–Kier alpha value is -0.510. The van der Waals surface area contributed by atoms with Crippen LogP contribution in [0.15, 0.2) is 12.3 Å². The number of halogens is 2. The summed E-state index contributed by atoms with van der Waals surface area (Å²) >= 11 is 11.7. The molecule has 0 amide bonds. The molecule has 1 saturated heterocycles. The second-order valence-corrected chi connectivity index (χ2v) is 4.19. The number of rotatable bonds is 1. The Labute approximate surface area is 92.3 Å². The monoisotopic (exact) mass is 232 g/mol. The van der Waals surface area contributed by atoms with Crippen molar-refractivity contribution in [1.29, 1.82) is 0 Å². The molecule has 0 radical (unpaired) electrons. The van der Waals surface area contributed by atoms with Gasteiger partial charge in [-0.15, -0.1) is 0 Å². The van der Waals surface area contributed by atoms with Crippen LogP contribution in [0, 0.1) is 0 Å². The highest BCUT2D eigenvalue weighted by molar-refractivity contribution is 6.36. The van der Waals surface area contributed by atoms with Crippen LogP contribution in [0.5, 0.6) is 0 Å².